The lowest BCUT2D eigenvalue weighted by Gasteiger charge is -2.25. The number of esters is 1. The van der Waals surface area contributed by atoms with Gasteiger partial charge in [0.1, 0.15) is 11.4 Å². The van der Waals surface area contributed by atoms with Gasteiger partial charge in [-0.15, -0.1) is 0 Å². The van der Waals surface area contributed by atoms with Gasteiger partial charge in [-0.05, 0) is 44.0 Å². The molecule has 1 unspecified atom stereocenters. The maximum absolute atomic E-state index is 12.9. The zero-order valence-electron chi connectivity index (χ0n) is 18.6. The van der Waals surface area contributed by atoms with E-state index < -0.39 is 29.6 Å². The Labute approximate surface area is 183 Å². The Hall–Kier alpha value is -3.35. The summed E-state index contributed by atoms with van der Waals surface area (Å²) in [5.74, 6) is -0.536. The summed E-state index contributed by atoms with van der Waals surface area (Å²) in [6.45, 7) is 6.70. The van der Waals surface area contributed by atoms with Gasteiger partial charge >= 0.3 is 5.97 Å². The van der Waals surface area contributed by atoms with Crippen LogP contribution in [0.4, 0.5) is 0 Å². The summed E-state index contributed by atoms with van der Waals surface area (Å²) in [6, 6.07) is 14.5. The van der Waals surface area contributed by atoms with Gasteiger partial charge in [0, 0.05) is 6.92 Å². The van der Waals surface area contributed by atoms with E-state index in [-0.39, 0.29) is 12.3 Å². The minimum absolute atomic E-state index is 0.0436. The van der Waals surface area contributed by atoms with Crippen molar-refractivity contribution >= 4 is 17.8 Å². The first kappa shape index (κ1) is 23.9. The fourth-order valence-electron chi connectivity index (χ4n) is 3.02. The highest BCUT2D eigenvalue weighted by molar-refractivity contribution is 5.86. The number of carbonyl (C=O) groups is 3. The highest BCUT2D eigenvalue weighted by Gasteiger charge is 2.29. The van der Waals surface area contributed by atoms with Crippen LogP contribution < -0.4 is 15.4 Å². The molecule has 2 aromatic rings. The molecule has 0 saturated heterocycles. The number of hydrogen-bond donors (Lipinski definition) is 2. The maximum Gasteiger partial charge on any atom is 0.333 e. The zero-order valence-corrected chi connectivity index (χ0v) is 18.6. The Bertz CT molecular complexity index is 888. The van der Waals surface area contributed by atoms with E-state index in [1.807, 2.05) is 6.07 Å². The molecule has 0 radical (unpaired) electrons. The molecule has 2 amide bonds. The van der Waals surface area contributed by atoms with Crippen LogP contribution in [-0.2, 0) is 19.1 Å². The Kier molecular flexibility index (Phi) is 8.19. The summed E-state index contributed by atoms with van der Waals surface area (Å²) in [7, 11) is 1.56. The van der Waals surface area contributed by atoms with Gasteiger partial charge in [0.05, 0.1) is 19.6 Å². The molecular formula is C24H30N2O5. The molecule has 0 bridgehead atoms. The number of nitrogens with one attached hydrogen (secondary N) is 2. The van der Waals surface area contributed by atoms with E-state index in [9.17, 15) is 14.4 Å². The fourth-order valence-corrected chi connectivity index (χ4v) is 3.02. The smallest absolute Gasteiger partial charge is 0.333 e. The summed E-state index contributed by atoms with van der Waals surface area (Å²) < 4.78 is 10.7. The molecule has 0 aliphatic rings. The van der Waals surface area contributed by atoms with Crippen molar-refractivity contribution in [3.8, 4) is 5.75 Å². The van der Waals surface area contributed by atoms with Crippen LogP contribution in [-0.4, -0.2) is 30.5 Å². The molecule has 0 aliphatic heterocycles. The van der Waals surface area contributed by atoms with Crippen LogP contribution in [0.25, 0.3) is 0 Å². The molecule has 0 aliphatic carbocycles. The van der Waals surface area contributed by atoms with E-state index >= 15 is 0 Å². The molecule has 0 fully saturated rings. The summed E-state index contributed by atoms with van der Waals surface area (Å²) in [4.78, 5) is 37.4. The Morgan fingerprint density at radius 3 is 2.03 bits per heavy atom. The van der Waals surface area contributed by atoms with Gasteiger partial charge in [-0.2, -0.15) is 0 Å². The molecule has 0 saturated carbocycles. The van der Waals surface area contributed by atoms with E-state index in [0.717, 1.165) is 5.56 Å². The van der Waals surface area contributed by atoms with E-state index in [4.69, 9.17) is 9.47 Å². The number of benzene rings is 2. The van der Waals surface area contributed by atoms with Crippen LogP contribution in [0.3, 0.4) is 0 Å². The molecule has 2 rings (SSSR count). The van der Waals surface area contributed by atoms with E-state index in [1.165, 1.54) is 6.92 Å². The largest absolute Gasteiger partial charge is 0.497 e. The summed E-state index contributed by atoms with van der Waals surface area (Å²) in [5.41, 5.74) is 0.668. The molecule has 2 N–H and O–H groups in total. The van der Waals surface area contributed by atoms with Crippen molar-refractivity contribution in [1.82, 2.24) is 10.6 Å². The Morgan fingerprint density at radius 2 is 1.52 bits per heavy atom. The third-order valence-electron chi connectivity index (χ3n) is 4.37. The molecular weight excluding hydrogens is 396 g/mol. The van der Waals surface area contributed by atoms with Crippen molar-refractivity contribution in [2.45, 2.75) is 51.8 Å². The second-order valence-electron chi connectivity index (χ2n) is 8.18. The first-order valence-corrected chi connectivity index (χ1v) is 10.1. The lowest BCUT2D eigenvalue weighted by molar-refractivity contribution is -0.159. The van der Waals surface area contributed by atoms with Crippen molar-refractivity contribution in [3.63, 3.8) is 0 Å². The minimum atomic E-state index is -0.957. The monoisotopic (exact) mass is 426 g/mol. The zero-order chi connectivity index (χ0) is 23.0. The van der Waals surface area contributed by atoms with Crippen molar-refractivity contribution < 1.29 is 23.9 Å². The van der Waals surface area contributed by atoms with Crippen molar-refractivity contribution in [2.24, 2.45) is 0 Å². The number of rotatable bonds is 8. The second-order valence-corrected chi connectivity index (χ2v) is 8.18. The predicted molar refractivity (Wildman–Crippen MR) is 117 cm³/mol. The molecule has 0 heterocycles. The van der Waals surface area contributed by atoms with Gasteiger partial charge in [0.25, 0.3) is 0 Å². The average molecular weight is 427 g/mol. The van der Waals surface area contributed by atoms with E-state index in [1.54, 1.807) is 76.4 Å². The third-order valence-corrected chi connectivity index (χ3v) is 4.37. The van der Waals surface area contributed by atoms with Gasteiger partial charge in [0.2, 0.25) is 11.8 Å². The van der Waals surface area contributed by atoms with Gasteiger partial charge in [-0.3, -0.25) is 9.59 Å². The lowest BCUT2D eigenvalue weighted by atomic mass is 10.0. The van der Waals surface area contributed by atoms with Gasteiger partial charge in [0.15, 0.2) is 6.04 Å². The minimum Gasteiger partial charge on any atom is -0.497 e. The number of hydrogen-bond acceptors (Lipinski definition) is 5. The Balaban J connectivity index is 2.21. The van der Waals surface area contributed by atoms with Crippen LogP contribution in [0.15, 0.2) is 54.6 Å². The summed E-state index contributed by atoms with van der Waals surface area (Å²) >= 11 is 0. The SMILES string of the molecule is COc1ccc(C(CC(=O)N[C@H](C(=O)OC(C)(C)C)c2ccccc2)NC(C)=O)cc1. The molecule has 2 aromatic carbocycles. The highest BCUT2D eigenvalue weighted by atomic mass is 16.6. The lowest BCUT2D eigenvalue weighted by Crippen LogP contribution is -2.39. The molecule has 0 aromatic heterocycles. The summed E-state index contributed by atoms with van der Waals surface area (Å²) in [6.07, 6.45) is -0.0436. The summed E-state index contributed by atoms with van der Waals surface area (Å²) in [5, 5.41) is 5.55. The van der Waals surface area contributed by atoms with Crippen LogP contribution in [0.2, 0.25) is 0 Å². The van der Waals surface area contributed by atoms with Crippen molar-refractivity contribution in [2.75, 3.05) is 7.11 Å². The van der Waals surface area contributed by atoms with E-state index in [2.05, 4.69) is 10.6 Å². The average Bonchev–Trinajstić information content (AvgIpc) is 2.70. The normalized spacial score (nSPS) is 12.9. The molecule has 166 valence electrons. The van der Waals surface area contributed by atoms with Gasteiger partial charge in [-0.25, -0.2) is 4.79 Å². The molecule has 2 atom stereocenters. The molecule has 7 nitrogen and oxygen atoms in total. The number of ether oxygens (including phenoxy) is 2. The predicted octanol–water partition coefficient (Wildman–Crippen LogP) is 3.46. The topological polar surface area (TPSA) is 93.7 Å². The number of carbonyl (C=O) groups excluding carboxylic acids is 3. The number of amides is 2. The van der Waals surface area contributed by atoms with Gasteiger partial charge < -0.3 is 20.1 Å². The Morgan fingerprint density at radius 1 is 0.903 bits per heavy atom. The van der Waals surface area contributed by atoms with Crippen LogP contribution >= 0.6 is 0 Å². The number of methoxy groups -OCH3 is 1. The fraction of sp³-hybridized carbons (Fsp3) is 0.375. The van der Waals surface area contributed by atoms with Gasteiger partial charge in [-0.1, -0.05) is 42.5 Å². The van der Waals surface area contributed by atoms with Crippen LogP contribution in [0, 0.1) is 0 Å². The standard InChI is InChI=1S/C24H30N2O5/c1-16(27)25-20(17-11-13-19(30-5)14-12-17)15-21(28)26-22(18-9-7-6-8-10-18)23(29)31-24(2,3)4/h6-14,20,22H,15H2,1-5H3,(H,25,27)(H,26,28)/t20?,22-/m0/s1. The van der Waals surface area contributed by atoms with Crippen LogP contribution in [0.5, 0.6) is 5.75 Å². The second kappa shape index (κ2) is 10.6. The van der Waals surface area contributed by atoms with Crippen molar-refractivity contribution in [3.05, 3.63) is 65.7 Å². The third kappa shape index (κ3) is 7.77. The maximum atomic E-state index is 12.9. The first-order chi connectivity index (χ1) is 14.6. The van der Waals surface area contributed by atoms with E-state index in [0.29, 0.717) is 11.3 Å². The molecule has 31 heavy (non-hydrogen) atoms. The molecule has 7 heteroatoms. The van der Waals surface area contributed by atoms with Crippen LogP contribution in [0.1, 0.15) is 57.3 Å². The quantitative estimate of drug-likeness (QED) is 0.631. The van der Waals surface area contributed by atoms with Crippen molar-refractivity contribution in [1.29, 1.82) is 0 Å². The molecule has 0 spiro atoms. The highest BCUT2D eigenvalue weighted by Crippen LogP contribution is 2.23. The first-order valence-electron chi connectivity index (χ1n) is 10.1.